The van der Waals surface area contributed by atoms with Crippen molar-refractivity contribution in [2.75, 3.05) is 32.2 Å². The van der Waals surface area contributed by atoms with E-state index in [1.165, 1.54) is 31.4 Å². The topological polar surface area (TPSA) is 120 Å². The van der Waals surface area contributed by atoms with Gasteiger partial charge in [0.1, 0.15) is 24.9 Å². The van der Waals surface area contributed by atoms with Crippen molar-refractivity contribution in [3.8, 4) is 5.75 Å². The second-order valence-electron chi connectivity index (χ2n) is 7.02. The zero-order chi connectivity index (χ0) is 23.7. The largest absolute Gasteiger partial charge is 0.497 e. The maximum Gasteiger partial charge on any atom is 0.338 e. The van der Waals surface area contributed by atoms with Crippen LogP contribution in [0.3, 0.4) is 0 Å². The molecule has 2 N–H and O–H groups in total. The Morgan fingerprint density at radius 1 is 1.19 bits per heavy atom. The van der Waals surface area contributed by atoms with E-state index in [-0.39, 0.29) is 31.7 Å². The Hall–Kier alpha value is -3.11. The molecule has 1 aromatic carbocycles. The third-order valence-electron chi connectivity index (χ3n) is 4.79. The highest BCUT2D eigenvalue weighted by Crippen LogP contribution is 2.27. The molecule has 32 heavy (non-hydrogen) atoms. The van der Waals surface area contributed by atoms with Crippen molar-refractivity contribution in [3.05, 3.63) is 49.1 Å². The fourth-order valence-electron chi connectivity index (χ4n) is 3.30. The highest BCUT2D eigenvalue weighted by Gasteiger charge is 2.41. The van der Waals surface area contributed by atoms with Gasteiger partial charge in [0.05, 0.1) is 18.7 Å². The van der Waals surface area contributed by atoms with Crippen molar-refractivity contribution in [2.24, 2.45) is 11.8 Å². The van der Waals surface area contributed by atoms with Gasteiger partial charge in [0.2, 0.25) is 5.91 Å². The van der Waals surface area contributed by atoms with Gasteiger partial charge >= 0.3 is 11.9 Å². The first kappa shape index (κ1) is 25.2. The van der Waals surface area contributed by atoms with Crippen LogP contribution in [0.1, 0.15) is 16.8 Å². The first-order valence-electron chi connectivity index (χ1n) is 9.82. The van der Waals surface area contributed by atoms with E-state index < -0.39 is 40.8 Å². The van der Waals surface area contributed by atoms with Gasteiger partial charge in [-0.3, -0.25) is 14.4 Å². The van der Waals surface area contributed by atoms with E-state index in [0.29, 0.717) is 11.4 Å². The summed E-state index contributed by atoms with van der Waals surface area (Å²) in [5, 5.41) is 5.10. The first-order valence-corrected chi connectivity index (χ1v) is 10.3. The molecule has 0 aromatic heterocycles. The van der Waals surface area contributed by atoms with E-state index in [4.69, 9.17) is 14.2 Å². The summed E-state index contributed by atoms with van der Waals surface area (Å²) in [6.45, 7) is 7.24. The number of hydrogen-bond donors (Lipinski definition) is 3. The molecule has 0 saturated carbocycles. The van der Waals surface area contributed by atoms with Gasteiger partial charge in [-0.2, -0.15) is 0 Å². The molecule has 1 aromatic rings. The molecule has 172 valence electrons. The number of benzene rings is 1. The maximum atomic E-state index is 12.8. The smallest absolute Gasteiger partial charge is 0.338 e. The number of ether oxygens (including phenoxy) is 3. The molecule has 1 heterocycles. The number of methoxy groups -OCH3 is 1. The molecule has 1 fully saturated rings. The molecule has 0 aliphatic carbocycles. The quantitative estimate of drug-likeness (QED) is 0.197. The van der Waals surface area contributed by atoms with Crippen molar-refractivity contribution < 1.29 is 33.4 Å². The number of carbonyl (C=O) groups is 4. The number of hydrogen-bond acceptors (Lipinski definition) is 8. The standard InChI is InChI=1S/C22H26N2O7S/c1-4-6-30-20(26)13-8-15(11-16(9-13)29-3)24-19(25)17-10-14(12-23-17)18(22(28)32)21(27)31-7-5-2/h4-5,8-9,11,14,17-18,23H,1-2,6-7,10,12H2,3H3,(H,24,25)(H,28,32)/t14-,17+,18?/m1/s1. The van der Waals surface area contributed by atoms with Crippen LogP contribution in [0.25, 0.3) is 0 Å². The van der Waals surface area contributed by atoms with Crippen LogP contribution in [0.5, 0.6) is 5.75 Å². The number of rotatable bonds is 11. The van der Waals surface area contributed by atoms with Crippen LogP contribution < -0.4 is 15.4 Å². The lowest BCUT2D eigenvalue weighted by Gasteiger charge is -2.18. The number of anilines is 1. The van der Waals surface area contributed by atoms with Gasteiger partial charge in [-0.05, 0) is 24.5 Å². The van der Waals surface area contributed by atoms with Crippen molar-refractivity contribution in [3.63, 3.8) is 0 Å². The summed E-state index contributed by atoms with van der Waals surface area (Å²) in [4.78, 5) is 49.0. The van der Waals surface area contributed by atoms with E-state index >= 15 is 0 Å². The second kappa shape index (κ2) is 12.1. The number of carbonyl (C=O) groups excluding carboxylic acids is 4. The van der Waals surface area contributed by atoms with Crippen molar-refractivity contribution in [1.29, 1.82) is 0 Å². The number of thiol groups is 1. The van der Waals surface area contributed by atoms with Crippen molar-refractivity contribution in [1.82, 2.24) is 5.32 Å². The minimum Gasteiger partial charge on any atom is -0.497 e. The zero-order valence-electron chi connectivity index (χ0n) is 17.7. The molecule has 1 aliphatic rings. The summed E-state index contributed by atoms with van der Waals surface area (Å²) in [7, 11) is 1.43. The summed E-state index contributed by atoms with van der Waals surface area (Å²) >= 11 is 3.81. The average molecular weight is 463 g/mol. The lowest BCUT2D eigenvalue weighted by atomic mass is 9.90. The van der Waals surface area contributed by atoms with Gasteiger partial charge in [0.25, 0.3) is 0 Å². The molecule has 1 unspecified atom stereocenters. The minimum atomic E-state index is -1.09. The van der Waals surface area contributed by atoms with Crippen LogP contribution in [0.4, 0.5) is 5.69 Å². The van der Waals surface area contributed by atoms with Crippen LogP contribution in [-0.4, -0.2) is 55.9 Å². The van der Waals surface area contributed by atoms with Gasteiger partial charge in [-0.1, -0.05) is 25.3 Å². The highest BCUT2D eigenvalue weighted by atomic mass is 32.1. The predicted molar refractivity (Wildman–Crippen MR) is 121 cm³/mol. The molecular formula is C22H26N2O7S. The lowest BCUT2D eigenvalue weighted by molar-refractivity contribution is -0.151. The predicted octanol–water partition coefficient (Wildman–Crippen LogP) is 1.76. The molecule has 1 amide bonds. The Labute approximate surface area is 191 Å². The van der Waals surface area contributed by atoms with E-state index in [0.717, 1.165) is 0 Å². The highest BCUT2D eigenvalue weighted by molar-refractivity contribution is 7.96. The molecule has 3 atom stereocenters. The first-order chi connectivity index (χ1) is 15.3. The molecule has 0 bridgehead atoms. The Morgan fingerprint density at radius 3 is 2.50 bits per heavy atom. The number of esters is 2. The molecule has 0 radical (unpaired) electrons. The summed E-state index contributed by atoms with van der Waals surface area (Å²) in [6.07, 6.45) is 3.07. The third-order valence-corrected chi connectivity index (χ3v) is 5.07. The Morgan fingerprint density at radius 2 is 1.88 bits per heavy atom. The monoisotopic (exact) mass is 462 g/mol. The van der Waals surface area contributed by atoms with Crippen LogP contribution in [-0.2, 0) is 23.9 Å². The number of amides is 1. The van der Waals surface area contributed by atoms with E-state index in [1.807, 2.05) is 0 Å². The SMILES string of the molecule is C=CCOC(=O)c1cc(NC(=O)[C@@H]2C[C@@H](C(C(=O)S)C(=O)OCC=C)CN2)cc(OC)c1. The van der Waals surface area contributed by atoms with Gasteiger partial charge in [0.15, 0.2) is 5.12 Å². The Balaban J connectivity index is 2.09. The number of nitrogens with one attached hydrogen (secondary N) is 2. The zero-order valence-corrected chi connectivity index (χ0v) is 18.6. The molecule has 9 nitrogen and oxygen atoms in total. The van der Waals surface area contributed by atoms with E-state index in [9.17, 15) is 19.2 Å². The van der Waals surface area contributed by atoms with Gasteiger partial charge < -0.3 is 24.8 Å². The summed E-state index contributed by atoms with van der Waals surface area (Å²) in [5.74, 6) is -2.87. The van der Waals surface area contributed by atoms with Gasteiger partial charge in [0, 0.05) is 18.3 Å². The van der Waals surface area contributed by atoms with Crippen molar-refractivity contribution >= 4 is 41.3 Å². The fraction of sp³-hybridized carbons (Fsp3) is 0.364. The molecule has 1 aliphatic heterocycles. The lowest BCUT2D eigenvalue weighted by Crippen LogP contribution is -2.35. The van der Waals surface area contributed by atoms with E-state index in [1.54, 1.807) is 6.07 Å². The van der Waals surface area contributed by atoms with Crippen LogP contribution in [0, 0.1) is 11.8 Å². The van der Waals surface area contributed by atoms with Crippen LogP contribution in [0.15, 0.2) is 43.5 Å². The second-order valence-corrected chi connectivity index (χ2v) is 7.46. The Kier molecular flexibility index (Phi) is 9.48. The third kappa shape index (κ3) is 6.69. The minimum absolute atomic E-state index is 0.0200. The fourth-order valence-corrected chi connectivity index (χ4v) is 3.61. The summed E-state index contributed by atoms with van der Waals surface area (Å²) in [5.41, 5.74) is 0.529. The van der Waals surface area contributed by atoms with Crippen molar-refractivity contribution in [2.45, 2.75) is 12.5 Å². The summed E-state index contributed by atoms with van der Waals surface area (Å²) < 4.78 is 15.2. The normalized spacial score (nSPS) is 18.2. The molecule has 2 rings (SSSR count). The molecule has 1 saturated heterocycles. The van der Waals surface area contributed by atoms with Crippen LogP contribution in [0.2, 0.25) is 0 Å². The van der Waals surface area contributed by atoms with Gasteiger partial charge in [-0.25, -0.2) is 4.79 Å². The van der Waals surface area contributed by atoms with E-state index in [2.05, 4.69) is 36.4 Å². The average Bonchev–Trinajstić information content (AvgIpc) is 3.25. The molecule has 0 spiro atoms. The van der Waals surface area contributed by atoms with Gasteiger partial charge in [-0.15, -0.1) is 12.6 Å². The Bertz CT molecular complexity index is 902. The molecular weight excluding hydrogens is 436 g/mol. The maximum absolute atomic E-state index is 12.8. The summed E-state index contributed by atoms with van der Waals surface area (Å²) in [6, 6.07) is 3.85. The van der Waals surface area contributed by atoms with Crippen LogP contribution >= 0.6 is 12.6 Å². The molecule has 10 heteroatoms.